The molecule has 1 atom stereocenters. The summed E-state index contributed by atoms with van der Waals surface area (Å²) in [5.74, 6) is 0.584. The quantitative estimate of drug-likeness (QED) is 0.680. The summed E-state index contributed by atoms with van der Waals surface area (Å²) in [6.07, 6.45) is 9.07. The Morgan fingerprint density at radius 1 is 0.955 bits per heavy atom. The molecule has 0 spiro atoms. The van der Waals surface area contributed by atoms with E-state index in [4.69, 9.17) is 0 Å². The standard InChI is InChI=1S/C21H23N/c1-3-18-12-14-20(15-13-18)22(19-9-5-4-6-10-19)21-11-7-8-17(2)16-21/h4-7,9-17H,3,8H2,1-2H3. The summed E-state index contributed by atoms with van der Waals surface area (Å²) in [5.41, 5.74) is 5.05. The number of rotatable bonds is 4. The average Bonchev–Trinajstić information content (AvgIpc) is 2.57. The molecule has 0 N–H and O–H groups in total. The van der Waals surface area contributed by atoms with E-state index in [2.05, 4.69) is 91.6 Å². The number of benzene rings is 2. The molecule has 1 heteroatoms. The van der Waals surface area contributed by atoms with Crippen LogP contribution in [-0.4, -0.2) is 0 Å². The van der Waals surface area contributed by atoms with Crippen molar-refractivity contribution < 1.29 is 0 Å². The van der Waals surface area contributed by atoms with E-state index in [0.717, 1.165) is 12.8 Å². The second-order valence-corrected chi connectivity index (χ2v) is 5.90. The van der Waals surface area contributed by atoms with Crippen molar-refractivity contribution in [3.05, 3.63) is 84.1 Å². The van der Waals surface area contributed by atoms with Crippen molar-refractivity contribution in [1.82, 2.24) is 0 Å². The molecule has 0 heterocycles. The highest BCUT2D eigenvalue weighted by Crippen LogP contribution is 2.32. The molecule has 0 fully saturated rings. The van der Waals surface area contributed by atoms with Gasteiger partial charge in [0.1, 0.15) is 0 Å². The highest BCUT2D eigenvalue weighted by atomic mass is 15.1. The van der Waals surface area contributed by atoms with Gasteiger partial charge in [0, 0.05) is 17.1 Å². The molecule has 0 aromatic heterocycles. The Balaban J connectivity index is 2.04. The Kier molecular flexibility index (Phi) is 4.43. The van der Waals surface area contributed by atoms with Gasteiger partial charge in [0.25, 0.3) is 0 Å². The van der Waals surface area contributed by atoms with Crippen LogP contribution in [0.15, 0.2) is 78.5 Å². The molecular formula is C21H23N. The molecule has 1 aliphatic carbocycles. The number of nitrogens with zero attached hydrogens (tertiary/aromatic N) is 1. The van der Waals surface area contributed by atoms with E-state index in [0.29, 0.717) is 5.92 Å². The molecule has 1 aliphatic rings. The average molecular weight is 289 g/mol. The van der Waals surface area contributed by atoms with E-state index in [-0.39, 0.29) is 0 Å². The largest absolute Gasteiger partial charge is 0.311 e. The van der Waals surface area contributed by atoms with Crippen LogP contribution >= 0.6 is 0 Å². The van der Waals surface area contributed by atoms with Gasteiger partial charge in [-0.25, -0.2) is 0 Å². The van der Waals surface area contributed by atoms with E-state index < -0.39 is 0 Å². The lowest BCUT2D eigenvalue weighted by Crippen LogP contribution is -2.17. The summed E-state index contributed by atoms with van der Waals surface area (Å²) < 4.78 is 0. The molecule has 0 saturated carbocycles. The van der Waals surface area contributed by atoms with Gasteiger partial charge in [-0.1, -0.05) is 56.3 Å². The molecule has 112 valence electrons. The fourth-order valence-electron chi connectivity index (χ4n) is 2.87. The van der Waals surface area contributed by atoms with Gasteiger partial charge >= 0.3 is 0 Å². The molecule has 22 heavy (non-hydrogen) atoms. The molecular weight excluding hydrogens is 266 g/mol. The van der Waals surface area contributed by atoms with Gasteiger partial charge in [-0.05, 0) is 54.7 Å². The summed E-state index contributed by atoms with van der Waals surface area (Å²) >= 11 is 0. The van der Waals surface area contributed by atoms with Gasteiger partial charge < -0.3 is 4.90 Å². The van der Waals surface area contributed by atoms with Crippen LogP contribution in [0, 0.1) is 5.92 Å². The van der Waals surface area contributed by atoms with Crippen LogP contribution < -0.4 is 4.90 Å². The van der Waals surface area contributed by atoms with Crippen LogP contribution in [-0.2, 0) is 6.42 Å². The molecule has 0 saturated heterocycles. The minimum atomic E-state index is 0.584. The Labute approximate surface area is 133 Å². The van der Waals surface area contributed by atoms with Gasteiger partial charge in [0.2, 0.25) is 0 Å². The Hall–Kier alpha value is -2.28. The van der Waals surface area contributed by atoms with Crippen LogP contribution in [0.2, 0.25) is 0 Å². The minimum absolute atomic E-state index is 0.584. The molecule has 0 amide bonds. The molecule has 2 aromatic rings. The lowest BCUT2D eigenvalue weighted by molar-refractivity contribution is 0.726. The maximum absolute atomic E-state index is 2.36. The predicted octanol–water partition coefficient (Wildman–Crippen LogP) is 5.87. The first-order valence-corrected chi connectivity index (χ1v) is 8.10. The number of allylic oxidation sites excluding steroid dienone is 3. The van der Waals surface area contributed by atoms with Crippen molar-refractivity contribution in [3.63, 3.8) is 0 Å². The first-order chi connectivity index (χ1) is 10.8. The van der Waals surface area contributed by atoms with Crippen molar-refractivity contribution in [3.8, 4) is 0 Å². The summed E-state index contributed by atoms with van der Waals surface area (Å²) in [6.45, 7) is 4.46. The van der Waals surface area contributed by atoms with Crippen molar-refractivity contribution in [2.24, 2.45) is 5.92 Å². The summed E-state index contributed by atoms with van der Waals surface area (Å²) in [6, 6.07) is 19.5. The molecule has 0 bridgehead atoms. The topological polar surface area (TPSA) is 3.24 Å². The van der Waals surface area contributed by atoms with E-state index in [1.807, 2.05) is 0 Å². The van der Waals surface area contributed by atoms with Gasteiger partial charge in [0.05, 0.1) is 0 Å². The zero-order valence-electron chi connectivity index (χ0n) is 13.4. The molecule has 0 aliphatic heterocycles. The van der Waals surface area contributed by atoms with Crippen LogP contribution in [0.3, 0.4) is 0 Å². The van der Waals surface area contributed by atoms with Crippen molar-refractivity contribution >= 4 is 11.4 Å². The Morgan fingerprint density at radius 3 is 2.27 bits per heavy atom. The second-order valence-electron chi connectivity index (χ2n) is 5.90. The van der Waals surface area contributed by atoms with Crippen molar-refractivity contribution in [2.45, 2.75) is 26.7 Å². The lowest BCUT2D eigenvalue weighted by Gasteiger charge is -2.28. The third-order valence-electron chi connectivity index (χ3n) is 4.13. The van der Waals surface area contributed by atoms with Gasteiger partial charge in [-0.2, -0.15) is 0 Å². The van der Waals surface area contributed by atoms with Crippen LogP contribution in [0.25, 0.3) is 0 Å². The van der Waals surface area contributed by atoms with Gasteiger partial charge in [-0.15, -0.1) is 0 Å². The van der Waals surface area contributed by atoms with Crippen LogP contribution in [0.5, 0.6) is 0 Å². The zero-order chi connectivity index (χ0) is 15.4. The molecule has 0 radical (unpaired) electrons. The summed E-state index contributed by atoms with van der Waals surface area (Å²) in [7, 11) is 0. The Morgan fingerprint density at radius 2 is 1.64 bits per heavy atom. The summed E-state index contributed by atoms with van der Waals surface area (Å²) in [4.78, 5) is 2.34. The smallest absolute Gasteiger partial charge is 0.0461 e. The number of para-hydroxylation sites is 1. The predicted molar refractivity (Wildman–Crippen MR) is 95.4 cm³/mol. The number of hydrogen-bond acceptors (Lipinski definition) is 1. The SMILES string of the molecule is CCc1ccc(N(C2=CC(C)CC=C2)c2ccccc2)cc1. The third-order valence-corrected chi connectivity index (χ3v) is 4.13. The second kappa shape index (κ2) is 6.65. The third kappa shape index (κ3) is 3.14. The van der Waals surface area contributed by atoms with E-state index in [1.165, 1.54) is 22.6 Å². The highest BCUT2D eigenvalue weighted by molar-refractivity contribution is 5.70. The van der Waals surface area contributed by atoms with Crippen LogP contribution in [0.1, 0.15) is 25.8 Å². The maximum Gasteiger partial charge on any atom is 0.0461 e. The fraction of sp³-hybridized carbons (Fsp3) is 0.238. The molecule has 2 aromatic carbocycles. The van der Waals surface area contributed by atoms with Crippen molar-refractivity contribution in [2.75, 3.05) is 4.90 Å². The van der Waals surface area contributed by atoms with E-state index in [9.17, 15) is 0 Å². The number of hydrogen-bond donors (Lipinski definition) is 0. The Bertz CT molecular complexity index is 665. The van der Waals surface area contributed by atoms with Gasteiger partial charge in [0.15, 0.2) is 0 Å². The fourth-order valence-corrected chi connectivity index (χ4v) is 2.87. The molecule has 1 unspecified atom stereocenters. The molecule has 3 rings (SSSR count). The zero-order valence-corrected chi connectivity index (χ0v) is 13.4. The van der Waals surface area contributed by atoms with E-state index in [1.54, 1.807) is 0 Å². The molecule has 1 nitrogen and oxygen atoms in total. The van der Waals surface area contributed by atoms with Gasteiger partial charge in [-0.3, -0.25) is 0 Å². The maximum atomic E-state index is 2.36. The number of anilines is 2. The highest BCUT2D eigenvalue weighted by Gasteiger charge is 2.15. The summed E-state index contributed by atoms with van der Waals surface area (Å²) in [5, 5.41) is 0. The first kappa shape index (κ1) is 14.6. The minimum Gasteiger partial charge on any atom is -0.311 e. The normalized spacial score (nSPS) is 17.2. The lowest BCUT2D eigenvalue weighted by atomic mass is 10.00. The van der Waals surface area contributed by atoms with Crippen molar-refractivity contribution in [1.29, 1.82) is 0 Å². The van der Waals surface area contributed by atoms with E-state index >= 15 is 0 Å². The van der Waals surface area contributed by atoms with Crippen LogP contribution in [0.4, 0.5) is 11.4 Å². The first-order valence-electron chi connectivity index (χ1n) is 8.10. The monoisotopic (exact) mass is 289 g/mol. The number of aryl methyl sites for hydroxylation is 1.